The van der Waals surface area contributed by atoms with E-state index in [-0.39, 0.29) is 10.1 Å². The Balaban J connectivity index is 2.60. The molecule has 18 heavy (non-hydrogen) atoms. The van der Waals surface area contributed by atoms with Crippen LogP contribution in [0.4, 0.5) is 5.69 Å². The maximum absolute atomic E-state index is 11.9. The molecule has 0 bridgehead atoms. The molecular weight excluding hydrogens is 273 g/mol. The third-order valence-corrected chi connectivity index (χ3v) is 3.63. The molecule has 3 nitrogen and oxygen atoms in total. The highest BCUT2D eigenvalue weighted by molar-refractivity contribution is 6.62. The van der Waals surface area contributed by atoms with E-state index in [1.807, 2.05) is 32.9 Å². The lowest BCUT2D eigenvalue weighted by molar-refractivity contribution is -0.120. The van der Waals surface area contributed by atoms with Crippen LogP contribution in [0.2, 0.25) is 0 Å². The molecular formula is C13H11Cl2NO2. The first-order valence-electron chi connectivity index (χ1n) is 5.36. The van der Waals surface area contributed by atoms with Crippen molar-refractivity contribution in [3.63, 3.8) is 0 Å². The Morgan fingerprint density at radius 1 is 0.889 bits per heavy atom. The van der Waals surface area contributed by atoms with Gasteiger partial charge in [-0.15, -0.1) is 0 Å². The van der Waals surface area contributed by atoms with Gasteiger partial charge >= 0.3 is 0 Å². The number of benzene rings is 1. The summed E-state index contributed by atoms with van der Waals surface area (Å²) in [5.74, 6) is -1.14. The summed E-state index contributed by atoms with van der Waals surface area (Å²) in [7, 11) is 0. The van der Waals surface area contributed by atoms with E-state index in [4.69, 9.17) is 23.2 Å². The minimum atomic E-state index is -0.568. The monoisotopic (exact) mass is 283 g/mol. The normalized spacial score (nSPS) is 15.9. The molecule has 1 aliphatic rings. The number of rotatable bonds is 1. The number of imide groups is 1. The second kappa shape index (κ2) is 4.41. The van der Waals surface area contributed by atoms with Crippen molar-refractivity contribution in [1.29, 1.82) is 0 Å². The Morgan fingerprint density at radius 3 is 1.67 bits per heavy atom. The molecule has 0 fully saturated rings. The van der Waals surface area contributed by atoms with Crippen molar-refractivity contribution >= 4 is 40.7 Å². The second-order valence-electron chi connectivity index (χ2n) is 4.32. The Bertz CT molecular complexity index is 558. The van der Waals surface area contributed by atoms with E-state index in [0.717, 1.165) is 21.6 Å². The summed E-state index contributed by atoms with van der Waals surface area (Å²) >= 11 is 11.4. The van der Waals surface area contributed by atoms with Crippen molar-refractivity contribution in [2.45, 2.75) is 20.8 Å². The van der Waals surface area contributed by atoms with E-state index in [1.54, 1.807) is 0 Å². The van der Waals surface area contributed by atoms with E-state index < -0.39 is 11.8 Å². The van der Waals surface area contributed by atoms with Crippen LogP contribution in [0.3, 0.4) is 0 Å². The van der Waals surface area contributed by atoms with Crippen LogP contribution in [0.15, 0.2) is 22.2 Å². The van der Waals surface area contributed by atoms with Crippen LogP contribution in [0, 0.1) is 20.8 Å². The molecule has 94 valence electrons. The maximum atomic E-state index is 11.9. The summed E-state index contributed by atoms with van der Waals surface area (Å²) in [6.45, 7) is 5.64. The van der Waals surface area contributed by atoms with Crippen molar-refractivity contribution in [2.24, 2.45) is 0 Å². The van der Waals surface area contributed by atoms with Crippen LogP contribution in [-0.4, -0.2) is 11.8 Å². The van der Waals surface area contributed by atoms with Gasteiger partial charge in [-0.2, -0.15) is 0 Å². The van der Waals surface area contributed by atoms with Crippen LogP contribution in [0.1, 0.15) is 16.7 Å². The first-order valence-corrected chi connectivity index (χ1v) is 6.12. The fraction of sp³-hybridized carbons (Fsp3) is 0.231. The Kier molecular flexibility index (Phi) is 3.21. The van der Waals surface area contributed by atoms with Crippen LogP contribution < -0.4 is 4.90 Å². The number of nitrogens with zero attached hydrogens (tertiary/aromatic N) is 1. The Morgan fingerprint density at radius 2 is 1.28 bits per heavy atom. The quantitative estimate of drug-likeness (QED) is 0.743. The molecule has 0 aliphatic carbocycles. The third kappa shape index (κ3) is 1.84. The van der Waals surface area contributed by atoms with Gasteiger partial charge in [-0.25, -0.2) is 4.90 Å². The van der Waals surface area contributed by atoms with Crippen LogP contribution in [-0.2, 0) is 9.59 Å². The minimum absolute atomic E-state index is 0.221. The zero-order valence-corrected chi connectivity index (χ0v) is 11.7. The Labute approximate surface area is 115 Å². The molecule has 1 aliphatic heterocycles. The van der Waals surface area contributed by atoms with Crippen LogP contribution in [0.5, 0.6) is 0 Å². The maximum Gasteiger partial charge on any atom is 0.278 e. The van der Waals surface area contributed by atoms with E-state index >= 15 is 0 Å². The molecule has 1 aromatic rings. The number of halogens is 2. The molecule has 5 heteroatoms. The SMILES string of the molecule is Cc1cc(C)c(N2C(=O)C(Cl)=C(Cl)C2=O)c(C)c1. The summed E-state index contributed by atoms with van der Waals surface area (Å²) in [6, 6.07) is 3.81. The fourth-order valence-corrected chi connectivity index (χ4v) is 2.54. The molecule has 0 aromatic heterocycles. The molecule has 0 saturated carbocycles. The highest BCUT2D eigenvalue weighted by atomic mass is 35.5. The molecule has 2 rings (SSSR count). The molecule has 1 aromatic carbocycles. The molecule has 1 heterocycles. The second-order valence-corrected chi connectivity index (χ2v) is 5.08. The van der Waals surface area contributed by atoms with Gasteiger partial charge in [0.1, 0.15) is 10.1 Å². The zero-order chi connectivity index (χ0) is 13.6. The highest BCUT2D eigenvalue weighted by Crippen LogP contribution is 2.35. The first-order chi connectivity index (χ1) is 8.34. The minimum Gasteiger partial charge on any atom is -0.267 e. The third-order valence-electron chi connectivity index (χ3n) is 2.83. The van der Waals surface area contributed by atoms with Gasteiger partial charge < -0.3 is 0 Å². The molecule has 0 saturated heterocycles. The lowest BCUT2D eigenvalue weighted by Crippen LogP contribution is -2.32. The van der Waals surface area contributed by atoms with Gasteiger partial charge in [0.25, 0.3) is 11.8 Å². The van der Waals surface area contributed by atoms with Crippen molar-refractivity contribution in [1.82, 2.24) is 0 Å². The summed E-state index contributed by atoms with van der Waals surface area (Å²) in [5, 5.41) is -0.443. The average molecular weight is 284 g/mol. The largest absolute Gasteiger partial charge is 0.278 e. The number of aryl methyl sites for hydroxylation is 3. The average Bonchev–Trinajstić information content (AvgIpc) is 2.45. The van der Waals surface area contributed by atoms with Gasteiger partial charge in [0.05, 0.1) is 5.69 Å². The smallest absolute Gasteiger partial charge is 0.267 e. The fourth-order valence-electron chi connectivity index (χ4n) is 2.20. The summed E-state index contributed by atoms with van der Waals surface area (Å²) in [5.41, 5.74) is 3.30. The molecule has 0 spiro atoms. The van der Waals surface area contributed by atoms with Gasteiger partial charge in [0, 0.05) is 0 Å². The lowest BCUT2D eigenvalue weighted by Gasteiger charge is -2.20. The van der Waals surface area contributed by atoms with Gasteiger partial charge in [-0.3, -0.25) is 9.59 Å². The van der Waals surface area contributed by atoms with E-state index in [1.165, 1.54) is 0 Å². The topological polar surface area (TPSA) is 37.4 Å². The number of anilines is 1. The summed E-state index contributed by atoms with van der Waals surface area (Å²) in [4.78, 5) is 24.9. The van der Waals surface area contributed by atoms with E-state index in [0.29, 0.717) is 5.69 Å². The summed E-state index contributed by atoms with van der Waals surface area (Å²) < 4.78 is 0. The lowest BCUT2D eigenvalue weighted by atomic mass is 10.0. The van der Waals surface area contributed by atoms with Gasteiger partial charge in [-0.1, -0.05) is 40.9 Å². The predicted octanol–water partition coefficient (Wildman–Crippen LogP) is 3.17. The zero-order valence-electron chi connectivity index (χ0n) is 10.2. The number of carbonyl (C=O) groups is 2. The Hall–Kier alpha value is -1.32. The van der Waals surface area contributed by atoms with Crippen molar-refractivity contribution in [3.8, 4) is 0 Å². The van der Waals surface area contributed by atoms with Crippen molar-refractivity contribution < 1.29 is 9.59 Å². The number of carbonyl (C=O) groups excluding carboxylic acids is 2. The molecule has 0 radical (unpaired) electrons. The first kappa shape index (κ1) is 13.1. The van der Waals surface area contributed by atoms with Crippen LogP contribution >= 0.6 is 23.2 Å². The summed E-state index contributed by atoms with van der Waals surface area (Å²) in [6.07, 6.45) is 0. The molecule has 0 atom stereocenters. The number of hydrogen-bond acceptors (Lipinski definition) is 2. The van der Waals surface area contributed by atoms with E-state index in [2.05, 4.69) is 0 Å². The number of amides is 2. The van der Waals surface area contributed by atoms with Crippen LogP contribution in [0.25, 0.3) is 0 Å². The van der Waals surface area contributed by atoms with Gasteiger partial charge in [0.2, 0.25) is 0 Å². The predicted molar refractivity (Wildman–Crippen MR) is 71.9 cm³/mol. The van der Waals surface area contributed by atoms with E-state index in [9.17, 15) is 9.59 Å². The number of hydrogen-bond donors (Lipinski definition) is 0. The highest BCUT2D eigenvalue weighted by Gasteiger charge is 2.39. The van der Waals surface area contributed by atoms with Gasteiger partial charge in [0.15, 0.2) is 0 Å². The molecule has 0 N–H and O–H groups in total. The van der Waals surface area contributed by atoms with Gasteiger partial charge in [-0.05, 0) is 31.9 Å². The standard InChI is InChI=1S/C13H11Cl2NO2/c1-6-4-7(2)11(8(3)5-6)16-12(17)9(14)10(15)13(16)18/h4-5H,1-3H3. The molecule has 2 amide bonds. The van der Waals surface area contributed by atoms with Crippen molar-refractivity contribution in [2.75, 3.05) is 4.90 Å². The van der Waals surface area contributed by atoms with Crippen molar-refractivity contribution in [3.05, 3.63) is 38.9 Å². The molecule has 0 unspecified atom stereocenters.